The molecule has 0 aliphatic carbocycles. The van der Waals surface area contributed by atoms with E-state index in [9.17, 15) is 0 Å². The molecule has 0 atom stereocenters. The molecule has 1 fully saturated rings. The molecule has 0 saturated carbocycles. The summed E-state index contributed by atoms with van der Waals surface area (Å²) in [5, 5.41) is 6.57. The van der Waals surface area contributed by atoms with Crippen molar-refractivity contribution in [2.45, 2.75) is 13.8 Å². The van der Waals surface area contributed by atoms with Crippen molar-refractivity contribution in [3.05, 3.63) is 29.6 Å². The highest BCUT2D eigenvalue weighted by molar-refractivity contribution is 7.14. The van der Waals surface area contributed by atoms with Crippen LogP contribution in [0.25, 0.3) is 11.3 Å². The number of morpholine rings is 1. The third kappa shape index (κ3) is 4.93. The lowest BCUT2D eigenvalue weighted by Gasteiger charge is -2.26. The molecule has 0 spiro atoms. The van der Waals surface area contributed by atoms with E-state index >= 15 is 0 Å². The topological polar surface area (TPSA) is 40.6 Å². The minimum absolute atomic E-state index is 0.852. The normalized spacial score (nSPS) is 15.3. The van der Waals surface area contributed by atoms with Crippen LogP contribution in [0.3, 0.4) is 0 Å². The van der Waals surface area contributed by atoms with Gasteiger partial charge in [0.15, 0.2) is 5.13 Å². The highest BCUT2D eigenvalue weighted by Gasteiger charge is 2.10. The predicted octanol–water partition coefficient (Wildman–Crippen LogP) is 3.40. The number of nitrogens with one attached hydrogen (secondary N) is 1. The molecule has 136 valence electrons. The maximum absolute atomic E-state index is 5.38. The summed E-state index contributed by atoms with van der Waals surface area (Å²) in [6.07, 6.45) is 0. The van der Waals surface area contributed by atoms with E-state index in [0.717, 1.165) is 63.3 Å². The number of thiazole rings is 1. The van der Waals surface area contributed by atoms with Crippen molar-refractivity contribution in [2.75, 3.05) is 62.7 Å². The Morgan fingerprint density at radius 1 is 1.16 bits per heavy atom. The van der Waals surface area contributed by atoms with Gasteiger partial charge in [0.2, 0.25) is 0 Å². The van der Waals surface area contributed by atoms with Gasteiger partial charge in [-0.2, -0.15) is 0 Å². The van der Waals surface area contributed by atoms with Gasteiger partial charge < -0.3 is 15.0 Å². The summed E-state index contributed by atoms with van der Waals surface area (Å²) in [4.78, 5) is 9.51. The molecule has 5 nitrogen and oxygen atoms in total. The Morgan fingerprint density at radius 2 is 1.88 bits per heavy atom. The summed E-state index contributed by atoms with van der Waals surface area (Å²) < 4.78 is 5.38. The van der Waals surface area contributed by atoms with Crippen molar-refractivity contribution >= 4 is 22.2 Å². The Balaban J connectivity index is 1.53. The first-order valence-corrected chi connectivity index (χ1v) is 10.0. The fraction of sp³-hybridized carbons (Fsp3) is 0.526. The maximum Gasteiger partial charge on any atom is 0.183 e. The Morgan fingerprint density at radius 3 is 2.56 bits per heavy atom. The summed E-state index contributed by atoms with van der Waals surface area (Å²) in [5.41, 5.74) is 3.49. The third-order valence-corrected chi connectivity index (χ3v) is 5.40. The fourth-order valence-electron chi connectivity index (χ4n) is 3.07. The number of ether oxygens (including phenoxy) is 1. The third-order valence-electron chi connectivity index (χ3n) is 4.60. The van der Waals surface area contributed by atoms with Crippen LogP contribution in [0.15, 0.2) is 29.6 Å². The lowest BCUT2D eigenvalue weighted by atomic mass is 10.1. The van der Waals surface area contributed by atoms with Crippen LogP contribution in [0.5, 0.6) is 0 Å². The second-order valence-electron chi connectivity index (χ2n) is 6.14. The summed E-state index contributed by atoms with van der Waals surface area (Å²) in [7, 11) is 0. The van der Waals surface area contributed by atoms with Crippen LogP contribution in [0.4, 0.5) is 10.8 Å². The molecule has 0 amide bonds. The molecule has 1 N–H and O–H groups in total. The lowest BCUT2D eigenvalue weighted by Crippen LogP contribution is -2.38. The first-order chi connectivity index (χ1) is 12.3. The minimum atomic E-state index is 0.852. The SMILES string of the molecule is CCN(CC)c1ccc(-c2csc(NCCN3CCOCC3)n2)cc1. The van der Waals surface area contributed by atoms with E-state index in [1.807, 2.05) is 0 Å². The van der Waals surface area contributed by atoms with Crippen LogP contribution in [-0.4, -0.2) is 62.4 Å². The van der Waals surface area contributed by atoms with Crippen LogP contribution in [0.2, 0.25) is 0 Å². The predicted molar refractivity (Wildman–Crippen MR) is 107 cm³/mol. The number of hydrogen-bond acceptors (Lipinski definition) is 6. The number of nitrogens with zero attached hydrogens (tertiary/aromatic N) is 3. The highest BCUT2D eigenvalue weighted by Crippen LogP contribution is 2.26. The van der Waals surface area contributed by atoms with E-state index in [1.54, 1.807) is 11.3 Å². The second kappa shape index (κ2) is 9.17. The largest absolute Gasteiger partial charge is 0.379 e. The fourth-order valence-corrected chi connectivity index (χ4v) is 3.81. The van der Waals surface area contributed by atoms with Crippen molar-refractivity contribution in [2.24, 2.45) is 0 Å². The zero-order valence-corrected chi connectivity index (χ0v) is 16.0. The zero-order chi connectivity index (χ0) is 17.5. The van der Waals surface area contributed by atoms with Crippen LogP contribution in [-0.2, 0) is 4.74 Å². The maximum atomic E-state index is 5.38. The molecular formula is C19H28N4OS. The number of hydrogen-bond donors (Lipinski definition) is 1. The summed E-state index contributed by atoms with van der Waals surface area (Å²) >= 11 is 1.67. The summed E-state index contributed by atoms with van der Waals surface area (Å²) in [5.74, 6) is 0. The molecule has 0 radical (unpaired) electrons. The Bertz CT molecular complexity index is 633. The standard InChI is InChI=1S/C19H28N4OS/c1-3-23(4-2)17-7-5-16(6-8-17)18-15-25-19(21-18)20-9-10-22-11-13-24-14-12-22/h5-8,15H,3-4,9-14H2,1-2H3,(H,20,21). The van der Waals surface area contributed by atoms with Crippen molar-refractivity contribution < 1.29 is 4.74 Å². The smallest absolute Gasteiger partial charge is 0.183 e. The number of rotatable bonds is 8. The molecule has 1 aromatic carbocycles. The molecule has 25 heavy (non-hydrogen) atoms. The van der Waals surface area contributed by atoms with Crippen molar-refractivity contribution in [1.29, 1.82) is 0 Å². The van der Waals surface area contributed by atoms with Gasteiger partial charge in [0, 0.05) is 55.9 Å². The van der Waals surface area contributed by atoms with Gasteiger partial charge in [0.1, 0.15) is 0 Å². The van der Waals surface area contributed by atoms with Gasteiger partial charge in [-0.1, -0.05) is 12.1 Å². The molecule has 2 aromatic rings. The highest BCUT2D eigenvalue weighted by atomic mass is 32.1. The molecule has 0 unspecified atom stereocenters. The number of aromatic nitrogens is 1. The molecule has 0 bridgehead atoms. The van der Waals surface area contributed by atoms with Gasteiger partial charge in [0.25, 0.3) is 0 Å². The van der Waals surface area contributed by atoms with E-state index in [-0.39, 0.29) is 0 Å². The molecular weight excluding hydrogens is 332 g/mol. The zero-order valence-electron chi connectivity index (χ0n) is 15.2. The second-order valence-corrected chi connectivity index (χ2v) is 7.00. The van der Waals surface area contributed by atoms with Crippen molar-refractivity contribution in [3.63, 3.8) is 0 Å². The number of benzene rings is 1. The molecule has 6 heteroatoms. The Hall–Kier alpha value is -1.63. The molecule has 1 aliphatic rings. The molecule has 1 aliphatic heterocycles. The van der Waals surface area contributed by atoms with Gasteiger partial charge in [-0.25, -0.2) is 4.98 Å². The van der Waals surface area contributed by atoms with Crippen molar-refractivity contribution in [3.8, 4) is 11.3 Å². The first kappa shape index (κ1) is 18.2. The van der Waals surface area contributed by atoms with Gasteiger partial charge >= 0.3 is 0 Å². The molecule has 1 saturated heterocycles. The number of anilines is 2. The molecule has 3 rings (SSSR count). The first-order valence-electron chi connectivity index (χ1n) is 9.15. The van der Waals surface area contributed by atoms with E-state index in [2.05, 4.69) is 58.6 Å². The van der Waals surface area contributed by atoms with Crippen molar-refractivity contribution in [1.82, 2.24) is 9.88 Å². The van der Waals surface area contributed by atoms with Crippen LogP contribution < -0.4 is 10.2 Å². The lowest BCUT2D eigenvalue weighted by molar-refractivity contribution is 0.0398. The van der Waals surface area contributed by atoms with Crippen LogP contribution in [0.1, 0.15) is 13.8 Å². The van der Waals surface area contributed by atoms with E-state index in [1.165, 1.54) is 11.3 Å². The van der Waals surface area contributed by atoms with Gasteiger partial charge in [-0.15, -0.1) is 11.3 Å². The average molecular weight is 361 g/mol. The van der Waals surface area contributed by atoms with Crippen LogP contribution in [0, 0.1) is 0 Å². The average Bonchev–Trinajstić information content (AvgIpc) is 3.13. The van der Waals surface area contributed by atoms with Crippen LogP contribution >= 0.6 is 11.3 Å². The van der Waals surface area contributed by atoms with Gasteiger partial charge in [-0.05, 0) is 26.0 Å². The van der Waals surface area contributed by atoms with Gasteiger partial charge in [0.05, 0.1) is 18.9 Å². The van der Waals surface area contributed by atoms with E-state index in [0.29, 0.717) is 0 Å². The van der Waals surface area contributed by atoms with E-state index in [4.69, 9.17) is 9.72 Å². The minimum Gasteiger partial charge on any atom is -0.379 e. The Labute approximate surface area is 154 Å². The van der Waals surface area contributed by atoms with Gasteiger partial charge in [-0.3, -0.25) is 4.90 Å². The summed E-state index contributed by atoms with van der Waals surface area (Å²) in [6, 6.07) is 8.71. The summed E-state index contributed by atoms with van der Waals surface area (Å²) in [6.45, 7) is 12.2. The quantitative estimate of drug-likeness (QED) is 0.781. The molecule has 2 heterocycles. The Kier molecular flexibility index (Phi) is 6.67. The van der Waals surface area contributed by atoms with E-state index < -0.39 is 0 Å². The monoisotopic (exact) mass is 360 g/mol. The molecule has 1 aromatic heterocycles.